The molecule has 11 heteroatoms. The molecule has 2 aliphatic heterocycles. The van der Waals surface area contributed by atoms with Gasteiger partial charge in [0.25, 0.3) is 5.91 Å². The summed E-state index contributed by atoms with van der Waals surface area (Å²) < 4.78 is 52.6. The van der Waals surface area contributed by atoms with E-state index >= 15 is 0 Å². The Morgan fingerprint density at radius 3 is 2.44 bits per heavy atom. The van der Waals surface area contributed by atoms with Crippen molar-refractivity contribution in [3.8, 4) is 5.69 Å². The van der Waals surface area contributed by atoms with Crippen molar-refractivity contribution >= 4 is 5.91 Å². The van der Waals surface area contributed by atoms with E-state index in [-0.39, 0.29) is 29.5 Å². The average molecular weight is 474 g/mol. The Morgan fingerprint density at radius 1 is 1.12 bits per heavy atom. The third-order valence-electron chi connectivity index (χ3n) is 7.00. The second kappa shape index (κ2) is 8.44. The molecule has 3 aliphatic rings. The lowest BCUT2D eigenvalue weighted by atomic mass is 9.64. The van der Waals surface area contributed by atoms with Crippen LogP contribution >= 0.6 is 0 Å². The maximum atomic E-state index is 14.2. The molecule has 7 nitrogen and oxygen atoms in total. The molecule has 34 heavy (non-hydrogen) atoms. The maximum absolute atomic E-state index is 14.2. The third kappa shape index (κ3) is 4.03. The Morgan fingerprint density at radius 2 is 1.79 bits per heavy atom. The number of hydrogen-bond donors (Lipinski definition) is 0. The highest BCUT2D eigenvalue weighted by atomic mass is 19.4. The standard InChI is InChI=1S/C23H22F4N6O/c1-13-14-8-17(9-14)32(19(13)4-5-21-28-11-15(12-29-21)23(25,26)27)22(34)18-10-16(24)2-3-20(18)33-30-6-7-31-33/h2-3,6-7,10-14,17,19H,4-5,8-9H2,1H3/t13-,14?,17?,19?/m1/s1. The van der Waals surface area contributed by atoms with Crippen molar-refractivity contribution in [2.75, 3.05) is 0 Å². The summed E-state index contributed by atoms with van der Waals surface area (Å²) in [5.74, 6) is 0.111. The van der Waals surface area contributed by atoms with Crippen LogP contribution in [-0.2, 0) is 12.6 Å². The number of benzene rings is 1. The van der Waals surface area contributed by atoms with Gasteiger partial charge in [0.1, 0.15) is 11.6 Å². The lowest BCUT2D eigenvalue weighted by Crippen LogP contribution is -2.63. The lowest BCUT2D eigenvalue weighted by molar-refractivity contribution is -0.138. The van der Waals surface area contributed by atoms with E-state index in [0.717, 1.165) is 25.2 Å². The monoisotopic (exact) mass is 474 g/mol. The molecule has 1 saturated carbocycles. The molecule has 3 fully saturated rings. The number of hydrogen-bond acceptors (Lipinski definition) is 5. The van der Waals surface area contributed by atoms with Crippen LogP contribution in [0.4, 0.5) is 17.6 Å². The summed E-state index contributed by atoms with van der Waals surface area (Å²) in [6.07, 6.45) is 2.60. The number of aryl methyl sites for hydroxylation is 1. The number of aromatic nitrogens is 5. The highest BCUT2D eigenvalue weighted by Gasteiger charge is 2.50. The molecule has 4 heterocycles. The van der Waals surface area contributed by atoms with Gasteiger partial charge in [-0.15, -0.1) is 0 Å². The molecule has 6 rings (SSSR count). The van der Waals surface area contributed by atoms with Crippen molar-refractivity contribution in [1.82, 2.24) is 29.9 Å². The number of rotatable bonds is 5. The van der Waals surface area contributed by atoms with Crippen LogP contribution in [0.25, 0.3) is 5.69 Å². The largest absolute Gasteiger partial charge is 0.419 e. The van der Waals surface area contributed by atoms with Crippen molar-refractivity contribution < 1.29 is 22.4 Å². The quantitative estimate of drug-likeness (QED) is 0.521. The molecule has 2 bridgehead atoms. The smallest absolute Gasteiger partial charge is 0.332 e. The Labute approximate surface area is 192 Å². The van der Waals surface area contributed by atoms with Crippen molar-refractivity contribution in [3.05, 3.63) is 65.8 Å². The van der Waals surface area contributed by atoms with E-state index in [1.807, 2.05) is 4.90 Å². The van der Waals surface area contributed by atoms with Gasteiger partial charge in [0.2, 0.25) is 0 Å². The van der Waals surface area contributed by atoms with Crippen molar-refractivity contribution in [1.29, 1.82) is 0 Å². The molecule has 2 saturated heterocycles. The minimum Gasteiger partial charge on any atom is -0.332 e. The Kier molecular flexibility index (Phi) is 5.57. The first kappa shape index (κ1) is 22.4. The van der Waals surface area contributed by atoms with Gasteiger partial charge in [0.15, 0.2) is 0 Å². The van der Waals surface area contributed by atoms with E-state index in [0.29, 0.717) is 30.3 Å². The van der Waals surface area contributed by atoms with Crippen LogP contribution in [0.15, 0.2) is 43.0 Å². The predicted molar refractivity (Wildman–Crippen MR) is 112 cm³/mol. The fourth-order valence-electron chi connectivity index (χ4n) is 5.08. The van der Waals surface area contributed by atoms with E-state index in [9.17, 15) is 22.4 Å². The highest BCUT2D eigenvalue weighted by molar-refractivity contribution is 5.98. The molecule has 2 atom stereocenters. The number of alkyl halides is 3. The molecule has 1 aliphatic carbocycles. The van der Waals surface area contributed by atoms with Gasteiger partial charge in [-0.25, -0.2) is 14.4 Å². The third-order valence-corrected chi connectivity index (χ3v) is 7.00. The number of halogens is 4. The maximum Gasteiger partial charge on any atom is 0.419 e. The number of nitrogens with zero attached hydrogens (tertiary/aromatic N) is 6. The van der Waals surface area contributed by atoms with Crippen LogP contribution in [0.1, 0.15) is 47.9 Å². The number of amides is 1. The Bertz CT molecular complexity index is 1180. The number of fused-ring (bicyclic) bond motifs is 2. The van der Waals surface area contributed by atoms with Crippen molar-refractivity contribution in [2.24, 2.45) is 11.8 Å². The van der Waals surface area contributed by atoms with E-state index in [1.54, 1.807) is 0 Å². The summed E-state index contributed by atoms with van der Waals surface area (Å²) in [5, 5.41) is 8.17. The van der Waals surface area contributed by atoms with Gasteiger partial charge < -0.3 is 4.90 Å². The number of piperidine rings is 2. The van der Waals surface area contributed by atoms with E-state index in [1.165, 1.54) is 35.4 Å². The second-order valence-electron chi connectivity index (χ2n) is 8.93. The minimum atomic E-state index is -4.49. The van der Waals surface area contributed by atoms with Gasteiger partial charge in [-0.3, -0.25) is 4.79 Å². The van der Waals surface area contributed by atoms with Crippen LogP contribution in [0.2, 0.25) is 0 Å². The Balaban J connectivity index is 1.40. The van der Waals surface area contributed by atoms with Crippen LogP contribution in [0.3, 0.4) is 0 Å². The van der Waals surface area contributed by atoms with Crippen molar-refractivity contribution in [2.45, 2.75) is 50.9 Å². The van der Waals surface area contributed by atoms with Crippen LogP contribution < -0.4 is 0 Å². The summed E-state index contributed by atoms with van der Waals surface area (Å²) in [5.41, 5.74) is -0.342. The molecule has 178 valence electrons. The first-order valence-corrected chi connectivity index (χ1v) is 11.1. The molecule has 2 aromatic heterocycles. The molecule has 0 N–H and O–H groups in total. The molecular formula is C23H22F4N6O. The highest BCUT2D eigenvalue weighted by Crippen LogP contribution is 2.48. The summed E-state index contributed by atoms with van der Waals surface area (Å²) in [6, 6.07) is 3.80. The molecule has 0 spiro atoms. The van der Waals surface area contributed by atoms with Crippen molar-refractivity contribution in [3.63, 3.8) is 0 Å². The van der Waals surface area contributed by atoms with Gasteiger partial charge in [-0.05, 0) is 49.3 Å². The fourth-order valence-corrected chi connectivity index (χ4v) is 5.08. The van der Waals surface area contributed by atoms with Gasteiger partial charge in [0.05, 0.1) is 29.2 Å². The lowest BCUT2D eigenvalue weighted by Gasteiger charge is -2.57. The van der Waals surface area contributed by atoms with E-state index in [4.69, 9.17) is 0 Å². The zero-order valence-electron chi connectivity index (χ0n) is 18.3. The van der Waals surface area contributed by atoms with E-state index in [2.05, 4.69) is 27.1 Å². The SMILES string of the molecule is C[C@@H]1C2CC(C2)N(C(=O)c2cc(F)ccc2-n2nccn2)C1CCc1ncc(C(F)(F)F)cn1. The molecule has 0 radical (unpaired) electrons. The minimum absolute atomic E-state index is 0.0360. The fraction of sp³-hybridized carbons (Fsp3) is 0.435. The predicted octanol–water partition coefficient (Wildman–Crippen LogP) is 4.09. The molecule has 1 aromatic carbocycles. The van der Waals surface area contributed by atoms with Gasteiger partial charge in [-0.1, -0.05) is 6.92 Å². The summed E-state index contributed by atoms with van der Waals surface area (Å²) >= 11 is 0. The number of carbonyl (C=O) groups excluding carboxylic acids is 1. The second-order valence-corrected chi connectivity index (χ2v) is 8.93. The zero-order chi connectivity index (χ0) is 24.0. The summed E-state index contributed by atoms with van der Waals surface area (Å²) in [4.78, 5) is 24.6. The molecule has 1 amide bonds. The van der Waals surface area contributed by atoms with Gasteiger partial charge in [0, 0.05) is 30.9 Å². The average Bonchev–Trinajstić information content (AvgIpc) is 3.31. The van der Waals surface area contributed by atoms with Gasteiger partial charge in [-0.2, -0.15) is 28.2 Å². The number of carbonyl (C=O) groups is 1. The summed E-state index contributed by atoms with van der Waals surface area (Å²) in [7, 11) is 0. The summed E-state index contributed by atoms with van der Waals surface area (Å²) in [6.45, 7) is 2.08. The topological polar surface area (TPSA) is 76.8 Å². The first-order valence-electron chi connectivity index (χ1n) is 11.1. The normalized spacial score (nSPS) is 24.1. The van der Waals surface area contributed by atoms with Crippen LogP contribution in [-0.4, -0.2) is 47.9 Å². The van der Waals surface area contributed by atoms with E-state index < -0.39 is 17.6 Å². The first-order chi connectivity index (χ1) is 16.2. The van der Waals surface area contributed by atoms with Crippen LogP contribution in [0, 0.1) is 17.7 Å². The molecular weight excluding hydrogens is 452 g/mol. The molecule has 1 unspecified atom stereocenters. The van der Waals surface area contributed by atoms with Gasteiger partial charge >= 0.3 is 6.18 Å². The zero-order valence-corrected chi connectivity index (χ0v) is 18.3. The Hall–Kier alpha value is -3.37. The van der Waals surface area contributed by atoms with Crippen LogP contribution in [0.5, 0.6) is 0 Å². The molecule has 3 aromatic rings.